The molecule has 186 valence electrons. The van der Waals surface area contributed by atoms with Crippen molar-refractivity contribution >= 4 is 16.9 Å². The van der Waals surface area contributed by atoms with Crippen molar-refractivity contribution < 1.29 is 14.3 Å². The largest absolute Gasteiger partial charge is 0.494 e. The van der Waals surface area contributed by atoms with Gasteiger partial charge >= 0.3 is 5.97 Å². The molecule has 0 saturated carbocycles. The molecule has 0 saturated heterocycles. The minimum atomic E-state index is -0.767. The molecule has 0 unspecified atom stereocenters. The lowest BCUT2D eigenvalue weighted by Gasteiger charge is -2.25. The van der Waals surface area contributed by atoms with Crippen molar-refractivity contribution in [2.75, 3.05) is 6.61 Å². The summed E-state index contributed by atoms with van der Waals surface area (Å²) in [6, 6.07) is 38.5. The first-order valence-electron chi connectivity index (χ1n) is 12.3. The van der Waals surface area contributed by atoms with Gasteiger partial charge in [0.2, 0.25) is 0 Å². The minimum absolute atomic E-state index is 0.197. The lowest BCUT2D eigenvalue weighted by molar-refractivity contribution is -0.157. The van der Waals surface area contributed by atoms with E-state index in [1.165, 1.54) is 14.7 Å². The molecule has 4 rings (SSSR count). The minimum Gasteiger partial charge on any atom is -0.494 e. The van der Waals surface area contributed by atoms with Crippen molar-refractivity contribution in [1.82, 2.24) is 0 Å². The molecule has 0 fully saturated rings. The Kier molecular flexibility index (Phi) is 8.66. The van der Waals surface area contributed by atoms with Crippen LogP contribution < -0.4 is 4.74 Å². The van der Waals surface area contributed by atoms with Gasteiger partial charge in [-0.3, -0.25) is 4.79 Å². The molecule has 4 nitrogen and oxygen atoms in total. The van der Waals surface area contributed by atoms with E-state index in [-0.39, 0.29) is 23.3 Å². The summed E-state index contributed by atoms with van der Waals surface area (Å²) in [5, 5.41) is 8.97. The molecule has 4 aromatic rings. The Morgan fingerprint density at radius 2 is 1.32 bits per heavy atom. The Balaban J connectivity index is 1.30. The third-order valence-corrected chi connectivity index (χ3v) is 8.12. The predicted molar refractivity (Wildman–Crippen MR) is 146 cm³/mol. The lowest BCUT2D eigenvalue weighted by atomic mass is 9.97. The van der Waals surface area contributed by atoms with E-state index in [9.17, 15) is 4.79 Å². The van der Waals surface area contributed by atoms with Crippen LogP contribution in [0.1, 0.15) is 37.8 Å². The smallest absolute Gasteiger partial charge is 0.306 e. The molecule has 37 heavy (non-hydrogen) atoms. The molecule has 0 heterocycles. The topological polar surface area (TPSA) is 59.3 Å². The molecule has 0 N–H and O–H groups in total. The second-order valence-electron chi connectivity index (χ2n) is 9.03. The summed E-state index contributed by atoms with van der Waals surface area (Å²) in [4.78, 5) is 16.2. The molecule has 5 heteroatoms. The molecule has 0 aliphatic heterocycles. The average Bonchev–Trinajstić information content (AvgIpc) is 2.93. The van der Waals surface area contributed by atoms with Crippen LogP contribution in [0.4, 0.5) is 0 Å². The van der Waals surface area contributed by atoms with Crippen molar-refractivity contribution in [3.8, 4) is 11.8 Å². The fourth-order valence-electron chi connectivity index (χ4n) is 3.94. The van der Waals surface area contributed by atoms with Crippen LogP contribution in [0.3, 0.4) is 0 Å². The van der Waals surface area contributed by atoms with Gasteiger partial charge in [0.25, 0.3) is 0 Å². The van der Waals surface area contributed by atoms with E-state index < -0.39 is 5.60 Å². The molecule has 0 bridgehead atoms. The average molecular weight is 509 g/mol. The van der Waals surface area contributed by atoms with E-state index in [1.807, 2.05) is 50.2 Å². The number of esters is 1. The highest BCUT2D eigenvalue weighted by Crippen LogP contribution is 2.32. The van der Waals surface area contributed by atoms with Gasteiger partial charge in [0, 0.05) is 6.42 Å². The Hall–Kier alpha value is -4.01. The van der Waals surface area contributed by atoms with Crippen LogP contribution in [-0.4, -0.2) is 12.6 Å². The Bertz CT molecular complexity index is 1290. The number of benzene rings is 4. The van der Waals surface area contributed by atoms with E-state index >= 15 is 0 Å². The van der Waals surface area contributed by atoms with E-state index in [4.69, 9.17) is 14.7 Å². The summed E-state index contributed by atoms with van der Waals surface area (Å²) in [5.74, 6) is 0.503. The van der Waals surface area contributed by atoms with Crippen LogP contribution in [0.25, 0.3) is 0 Å². The first-order chi connectivity index (χ1) is 18.0. The number of hydrogen-bond donors (Lipinski definition) is 0. The summed E-state index contributed by atoms with van der Waals surface area (Å²) in [6.45, 7) is 4.13. The third kappa shape index (κ3) is 7.03. The predicted octanol–water partition coefficient (Wildman–Crippen LogP) is 7.29. The lowest BCUT2D eigenvalue weighted by Crippen LogP contribution is -2.25. The quantitative estimate of drug-likeness (QED) is 0.128. The monoisotopic (exact) mass is 508 g/mol. The molecule has 0 aliphatic carbocycles. The second kappa shape index (κ2) is 12.3. The van der Waals surface area contributed by atoms with Crippen LogP contribution in [0.5, 0.6) is 5.75 Å². The second-order valence-corrected chi connectivity index (χ2v) is 11.1. The van der Waals surface area contributed by atoms with Crippen LogP contribution in [0, 0.1) is 11.3 Å². The number of carbonyl (C=O) groups is 1. The fourth-order valence-corrected chi connectivity index (χ4v) is 6.02. The zero-order valence-corrected chi connectivity index (χ0v) is 21.9. The maximum atomic E-state index is 12.4. The van der Waals surface area contributed by atoms with Crippen LogP contribution in [0.2, 0.25) is 0 Å². The number of hydrogen-bond acceptors (Lipinski definition) is 4. The molecular formula is C32H30NO3S+. The first-order valence-corrected chi connectivity index (χ1v) is 13.5. The number of ether oxygens (including phenoxy) is 2. The Morgan fingerprint density at radius 3 is 1.86 bits per heavy atom. The Morgan fingerprint density at radius 1 is 0.784 bits per heavy atom. The zero-order chi connectivity index (χ0) is 26.1. The third-order valence-electron chi connectivity index (χ3n) is 5.89. The van der Waals surface area contributed by atoms with Crippen LogP contribution in [0.15, 0.2) is 124 Å². The molecule has 0 atom stereocenters. The Labute approximate surface area is 221 Å². The normalized spacial score (nSPS) is 11.1. The molecule has 0 spiro atoms. The van der Waals surface area contributed by atoms with Crippen molar-refractivity contribution in [3.63, 3.8) is 0 Å². The molecule has 0 aromatic heterocycles. The van der Waals surface area contributed by atoms with Gasteiger partial charge in [-0.05, 0) is 86.5 Å². The van der Waals surface area contributed by atoms with Crippen molar-refractivity contribution in [3.05, 3.63) is 120 Å². The van der Waals surface area contributed by atoms with Gasteiger partial charge in [-0.25, -0.2) is 0 Å². The van der Waals surface area contributed by atoms with Crippen LogP contribution in [-0.2, 0) is 26.0 Å². The molecule has 0 amide bonds. The standard InChI is InChI=1S/C32H30NO3S/c1-32(2,26-17-15-25(24-33)16-18-26)36-31(34)14-9-23-35-27-19-21-30(22-20-27)37(28-10-5-3-6-11-28)29-12-7-4-8-13-29/h3-8,10-13,15-22H,9,14,23H2,1-2H3/q+1. The van der Waals surface area contributed by atoms with E-state index in [2.05, 4.69) is 66.7 Å². The number of nitriles is 1. The number of rotatable bonds is 10. The van der Waals surface area contributed by atoms with Gasteiger partial charge in [0.05, 0.1) is 29.1 Å². The fraction of sp³-hybridized carbons (Fsp3) is 0.188. The maximum Gasteiger partial charge on any atom is 0.306 e. The molecule has 0 aliphatic rings. The van der Waals surface area contributed by atoms with Gasteiger partial charge in [-0.15, -0.1) is 0 Å². The summed E-state index contributed by atoms with van der Waals surface area (Å²) < 4.78 is 11.6. The highest BCUT2D eigenvalue weighted by molar-refractivity contribution is 7.97. The van der Waals surface area contributed by atoms with Gasteiger partial charge in [0.1, 0.15) is 11.4 Å². The van der Waals surface area contributed by atoms with E-state index in [1.54, 1.807) is 12.1 Å². The summed E-state index contributed by atoms with van der Waals surface area (Å²) >= 11 is 0. The van der Waals surface area contributed by atoms with Gasteiger partial charge in [-0.2, -0.15) is 5.26 Å². The highest BCUT2D eigenvalue weighted by atomic mass is 32.2. The van der Waals surface area contributed by atoms with E-state index in [0.717, 1.165) is 11.3 Å². The van der Waals surface area contributed by atoms with E-state index in [0.29, 0.717) is 18.6 Å². The van der Waals surface area contributed by atoms with Crippen molar-refractivity contribution in [2.24, 2.45) is 0 Å². The molecule has 4 aromatic carbocycles. The van der Waals surface area contributed by atoms with Crippen LogP contribution >= 0.6 is 0 Å². The van der Waals surface area contributed by atoms with Gasteiger partial charge in [0.15, 0.2) is 14.7 Å². The SMILES string of the molecule is CC(C)(OC(=O)CCCOc1ccc([S+](c2ccccc2)c2ccccc2)cc1)c1ccc(C#N)cc1. The number of nitrogens with zero attached hydrogens (tertiary/aromatic N) is 1. The first kappa shape index (κ1) is 26.1. The summed E-state index contributed by atoms with van der Waals surface area (Å²) in [5.41, 5.74) is 0.657. The van der Waals surface area contributed by atoms with Crippen molar-refractivity contribution in [2.45, 2.75) is 47.0 Å². The van der Waals surface area contributed by atoms with Gasteiger partial charge in [-0.1, -0.05) is 48.5 Å². The van der Waals surface area contributed by atoms with Gasteiger partial charge < -0.3 is 9.47 Å². The summed E-state index contributed by atoms with van der Waals surface area (Å²) in [7, 11) is -0.197. The number of carbonyl (C=O) groups excluding carboxylic acids is 1. The molecular weight excluding hydrogens is 478 g/mol. The zero-order valence-electron chi connectivity index (χ0n) is 21.1. The van der Waals surface area contributed by atoms with Crippen molar-refractivity contribution in [1.29, 1.82) is 5.26 Å². The maximum absolute atomic E-state index is 12.4. The summed E-state index contributed by atoms with van der Waals surface area (Å²) in [6.07, 6.45) is 0.825. The highest BCUT2D eigenvalue weighted by Gasteiger charge is 2.28. The molecule has 0 radical (unpaired) electrons.